The minimum absolute atomic E-state index is 0.149. The topological polar surface area (TPSA) is 70.2 Å². The van der Waals surface area contributed by atoms with Crippen molar-refractivity contribution in [2.75, 3.05) is 13.1 Å². The molecular formula is C16H19ClN2O3S. The van der Waals surface area contributed by atoms with Crippen LogP contribution in [-0.4, -0.2) is 30.8 Å². The van der Waals surface area contributed by atoms with Crippen LogP contribution in [0.1, 0.15) is 19.4 Å². The molecule has 0 aliphatic rings. The van der Waals surface area contributed by atoms with Crippen molar-refractivity contribution in [2.24, 2.45) is 0 Å². The molecule has 0 radical (unpaired) electrons. The van der Waals surface area contributed by atoms with E-state index >= 15 is 0 Å². The van der Waals surface area contributed by atoms with Gasteiger partial charge in [-0.15, -0.1) is 11.6 Å². The van der Waals surface area contributed by atoms with Gasteiger partial charge < -0.3 is 4.98 Å². The van der Waals surface area contributed by atoms with E-state index in [1.807, 2.05) is 0 Å². The summed E-state index contributed by atoms with van der Waals surface area (Å²) < 4.78 is 26.3. The lowest BCUT2D eigenvalue weighted by molar-refractivity contribution is 0.445. The minimum Gasteiger partial charge on any atom is -0.322 e. The Labute approximate surface area is 141 Å². The second-order valence-corrected chi connectivity index (χ2v) is 7.18. The van der Waals surface area contributed by atoms with E-state index in [2.05, 4.69) is 4.98 Å². The van der Waals surface area contributed by atoms with Crippen LogP contribution >= 0.6 is 11.6 Å². The molecule has 0 bridgehead atoms. The molecule has 1 heterocycles. The quantitative estimate of drug-likeness (QED) is 0.811. The summed E-state index contributed by atoms with van der Waals surface area (Å²) in [7, 11) is -3.48. The first-order chi connectivity index (χ1) is 10.9. The van der Waals surface area contributed by atoms with Crippen LogP contribution in [0, 0.1) is 0 Å². The number of aromatic amines is 1. The van der Waals surface area contributed by atoms with E-state index in [0.717, 1.165) is 5.56 Å². The number of rotatable bonds is 6. The third-order valence-electron chi connectivity index (χ3n) is 3.64. The van der Waals surface area contributed by atoms with E-state index in [9.17, 15) is 13.2 Å². The molecule has 1 aromatic carbocycles. The summed E-state index contributed by atoms with van der Waals surface area (Å²) in [6, 6.07) is 9.90. The van der Waals surface area contributed by atoms with E-state index < -0.39 is 10.0 Å². The number of nitrogens with zero attached hydrogens (tertiary/aromatic N) is 1. The van der Waals surface area contributed by atoms with Gasteiger partial charge in [0.1, 0.15) is 0 Å². The zero-order chi connectivity index (χ0) is 17.0. The average Bonchev–Trinajstić information content (AvgIpc) is 2.55. The van der Waals surface area contributed by atoms with Crippen molar-refractivity contribution < 1.29 is 8.42 Å². The van der Waals surface area contributed by atoms with Crippen molar-refractivity contribution in [3.8, 4) is 11.3 Å². The molecule has 0 fully saturated rings. The molecule has 124 valence electrons. The summed E-state index contributed by atoms with van der Waals surface area (Å²) in [5, 5.41) is 0. The minimum atomic E-state index is -3.48. The van der Waals surface area contributed by atoms with Gasteiger partial charge in [0.05, 0.1) is 10.8 Å². The van der Waals surface area contributed by atoms with Crippen LogP contribution in [0.3, 0.4) is 0 Å². The first-order valence-electron chi connectivity index (χ1n) is 7.32. The highest BCUT2D eigenvalue weighted by Gasteiger charge is 2.21. The van der Waals surface area contributed by atoms with Crippen molar-refractivity contribution in [1.82, 2.24) is 9.29 Å². The van der Waals surface area contributed by atoms with Crippen molar-refractivity contribution in [3.63, 3.8) is 0 Å². The van der Waals surface area contributed by atoms with Gasteiger partial charge in [-0.25, -0.2) is 8.42 Å². The van der Waals surface area contributed by atoms with E-state index in [-0.39, 0.29) is 16.3 Å². The van der Waals surface area contributed by atoms with Gasteiger partial charge in [-0.2, -0.15) is 4.31 Å². The van der Waals surface area contributed by atoms with Gasteiger partial charge in [0, 0.05) is 24.3 Å². The number of alkyl halides is 1. The Balaban J connectivity index is 2.37. The molecule has 0 aliphatic heterocycles. The maximum absolute atomic E-state index is 12.4. The SMILES string of the molecule is CCN(CC)S(=O)(=O)c1ccc(-c2ccc(CCl)c(=O)[nH]2)cc1. The van der Waals surface area contributed by atoms with Gasteiger partial charge in [0.2, 0.25) is 10.0 Å². The van der Waals surface area contributed by atoms with Crippen LogP contribution in [0.15, 0.2) is 46.1 Å². The molecule has 1 N–H and O–H groups in total. The lowest BCUT2D eigenvalue weighted by Gasteiger charge is -2.18. The molecule has 23 heavy (non-hydrogen) atoms. The number of benzene rings is 1. The highest BCUT2D eigenvalue weighted by atomic mass is 35.5. The molecule has 0 atom stereocenters. The summed E-state index contributed by atoms with van der Waals surface area (Å²) in [4.78, 5) is 14.8. The zero-order valence-electron chi connectivity index (χ0n) is 13.0. The Morgan fingerprint density at radius 2 is 1.65 bits per heavy atom. The standard InChI is InChI=1S/C16H19ClN2O3S/c1-3-19(4-2)23(21,22)14-8-5-12(6-9-14)15-10-7-13(11-17)16(20)18-15/h5-10H,3-4,11H2,1-2H3,(H,18,20). The fourth-order valence-corrected chi connectivity index (χ4v) is 3.97. The first kappa shape index (κ1) is 17.7. The second-order valence-electron chi connectivity index (χ2n) is 4.97. The van der Waals surface area contributed by atoms with Crippen molar-refractivity contribution in [2.45, 2.75) is 24.6 Å². The molecule has 5 nitrogen and oxygen atoms in total. The van der Waals surface area contributed by atoms with E-state index in [4.69, 9.17) is 11.6 Å². The lowest BCUT2D eigenvalue weighted by Crippen LogP contribution is -2.30. The molecule has 0 aliphatic carbocycles. The molecule has 1 aromatic heterocycles. The number of nitrogens with one attached hydrogen (secondary N) is 1. The van der Waals surface area contributed by atoms with Crippen molar-refractivity contribution in [1.29, 1.82) is 0 Å². The highest BCUT2D eigenvalue weighted by molar-refractivity contribution is 7.89. The Hall–Kier alpha value is -1.63. The average molecular weight is 355 g/mol. The molecule has 0 unspecified atom stereocenters. The number of sulfonamides is 1. The number of halogens is 1. The molecule has 2 rings (SSSR count). The summed E-state index contributed by atoms with van der Waals surface area (Å²) >= 11 is 5.67. The first-order valence-corrected chi connectivity index (χ1v) is 9.30. The smallest absolute Gasteiger partial charge is 0.252 e. The molecular weight excluding hydrogens is 336 g/mol. The fourth-order valence-electron chi connectivity index (χ4n) is 2.30. The predicted octanol–water partition coefficient (Wildman–Crippen LogP) is 2.81. The highest BCUT2D eigenvalue weighted by Crippen LogP contribution is 2.21. The fraction of sp³-hybridized carbons (Fsp3) is 0.312. The van der Waals surface area contributed by atoms with E-state index in [1.54, 1.807) is 50.2 Å². The number of pyridine rings is 1. The number of hydrogen-bond donors (Lipinski definition) is 1. The largest absolute Gasteiger partial charge is 0.322 e. The maximum Gasteiger partial charge on any atom is 0.252 e. The van der Waals surface area contributed by atoms with Gasteiger partial charge in [0.15, 0.2) is 0 Å². The monoisotopic (exact) mass is 354 g/mol. The predicted molar refractivity (Wildman–Crippen MR) is 92.2 cm³/mol. The Bertz CT molecular complexity index is 825. The molecule has 7 heteroatoms. The third-order valence-corrected chi connectivity index (χ3v) is 6.00. The van der Waals surface area contributed by atoms with E-state index in [0.29, 0.717) is 24.3 Å². The summed E-state index contributed by atoms with van der Waals surface area (Å²) in [6.45, 7) is 4.46. The normalized spacial score (nSPS) is 11.8. The van der Waals surface area contributed by atoms with Crippen LogP contribution in [0.4, 0.5) is 0 Å². The molecule has 0 saturated carbocycles. The zero-order valence-corrected chi connectivity index (χ0v) is 14.6. The molecule has 0 spiro atoms. The third kappa shape index (κ3) is 3.65. The van der Waals surface area contributed by atoms with Gasteiger partial charge in [-0.1, -0.05) is 32.0 Å². The van der Waals surface area contributed by atoms with Crippen LogP contribution in [-0.2, 0) is 15.9 Å². The van der Waals surface area contributed by atoms with Crippen molar-refractivity contribution in [3.05, 3.63) is 52.3 Å². The van der Waals surface area contributed by atoms with Crippen LogP contribution in [0.5, 0.6) is 0 Å². The Morgan fingerprint density at radius 3 is 2.13 bits per heavy atom. The van der Waals surface area contributed by atoms with Crippen LogP contribution in [0.2, 0.25) is 0 Å². The second kappa shape index (κ2) is 7.29. The molecule has 2 aromatic rings. The molecule has 0 amide bonds. The van der Waals surface area contributed by atoms with Crippen LogP contribution < -0.4 is 5.56 Å². The van der Waals surface area contributed by atoms with Crippen molar-refractivity contribution >= 4 is 21.6 Å². The van der Waals surface area contributed by atoms with E-state index in [1.165, 1.54) is 4.31 Å². The number of aromatic nitrogens is 1. The number of H-pyrrole nitrogens is 1. The summed E-state index contributed by atoms with van der Waals surface area (Å²) in [5.74, 6) is 0.149. The van der Waals surface area contributed by atoms with Gasteiger partial charge in [-0.05, 0) is 23.8 Å². The Kier molecular flexibility index (Phi) is 5.62. The lowest BCUT2D eigenvalue weighted by atomic mass is 10.1. The number of hydrogen-bond acceptors (Lipinski definition) is 3. The summed E-state index contributed by atoms with van der Waals surface area (Å²) in [5.41, 5.74) is 1.62. The van der Waals surface area contributed by atoms with Gasteiger partial charge in [0.25, 0.3) is 5.56 Å². The summed E-state index contributed by atoms with van der Waals surface area (Å²) in [6.07, 6.45) is 0. The maximum atomic E-state index is 12.4. The van der Waals surface area contributed by atoms with Gasteiger partial charge >= 0.3 is 0 Å². The molecule has 0 saturated heterocycles. The Morgan fingerprint density at radius 1 is 1.04 bits per heavy atom. The van der Waals surface area contributed by atoms with Crippen LogP contribution in [0.25, 0.3) is 11.3 Å². The van der Waals surface area contributed by atoms with Gasteiger partial charge in [-0.3, -0.25) is 4.79 Å².